The molecule has 2 heteroatoms. The quantitative estimate of drug-likeness (QED) is 0.495. The van der Waals surface area contributed by atoms with E-state index in [-0.39, 0.29) is 10.1 Å². The Bertz CT molecular complexity index is 120. The highest BCUT2D eigenvalue weighted by atomic mass is 28.3. The molecule has 0 saturated heterocycles. The topological polar surface area (TPSA) is 17.1 Å². The summed E-state index contributed by atoms with van der Waals surface area (Å²) in [7, 11) is -1.47. The first-order valence-electron chi connectivity index (χ1n) is 3.70. The van der Waals surface area contributed by atoms with Crippen molar-refractivity contribution >= 4 is 8.68 Å². The summed E-state index contributed by atoms with van der Waals surface area (Å²) in [6, 6.07) is 0. The maximum atomic E-state index is 11.7. The fraction of sp³-hybridized carbons (Fsp3) is 1.00. The minimum atomic E-state index is -1.47. The van der Waals surface area contributed by atoms with Crippen molar-refractivity contribution in [3.63, 3.8) is 0 Å². The summed E-state index contributed by atoms with van der Waals surface area (Å²) in [5.41, 5.74) is 0. The summed E-state index contributed by atoms with van der Waals surface area (Å²) < 4.78 is 11.7. The molecule has 0 spiro atoms. The summed E-state index contributed by atoms with van der Waals surface area (Å²) in [5, 5.41) is -0.0220. The molecule has 0 aliphatic carbocycles. The maximum Gasteiger partial charge on any atom is 0.287 e. The van der Waals surface area contributed by atoms with E-state index < -0.39 is 8.68 Å². The van der Waals surface area contributed by atoms with Gasteiger partial charge in [-0.1, -0.05) is 41.5 Å². The monoisotopic (exact) mass is 158 g/mol. The number of hydrogen-bond donors (Lipinski definition) is 0. The van der Waals surface area contributed by atoms with Crippen molar-refractivity contribution in [1.29, 1.82) is 0 Å². The first kappa shape index (κ1) is 10.0. The second kappa shape index (κ2) is 2.57. The molecular formula is C8H18OSi. The molecule has 0 rings (SSSR count). The molecular weight excluding hydrogens is 140 g/mol. The summed E-state index contributed by atoms with van der Waals surface area (Å²) in [6.07, 6.45) is 0. The van der Waals surface area contributed by atoms with Crippen LogP contribution in [0.3, 0.4) is 0 Å². The summed E-state index contributed by atoms with van der Waals surface area (Å²) >= 11 is 0. The lowest BCUT2D eigenvalue weighted by atomic mass is 10.2. The van der Waals surface area contributed by atoms with Gasteiger partial charge in [0.25, 0.3) is 8.68 Å². The molecule has 0 aromatic heterocycles. The average Bonchev–Trinajstić information content (AvgIpc) is 1.59. The zero-order valence-corrected chi connectivity index (χ0v) is 8.91. The van der Waals surface area contributed by atoms with Gasteiger partial charge >= 0.3 is 0 Å². The van der Waals surface area contributed by atoms with E-state index in [2.05, 4.69) is 0 Å². The second-order valence-corrected chi connectivity index (χ2v) is 8.49. The molecule has 0 unspecified atom stereocenters. The van der Waals surface area contributed by atoms with E-state index in [9.17, 15) is 4.46 Å². The second-order valence-electron chi connectivity index (χ2n) is 4.83. The molecule has 0 aromatic rings. The van der Waals surface area contributed by atoms with Gasteiger partial charge in [0.05, 0.1) is 0 Å². The Hall–Kier alpha value is 0.0169. The summed E-state index contributed by atoms with van der Waals surface area (Å²) in [6.45, 7) is 12.2. The number of rotatable bonds is 0. The number of hydrogen-bond acceptors (Lipinski definition) is 1. The van der Waals surface area contributed by atoms with E-state index in [1.54, 1.807) is 0 Å². The van der Waals surface area contributed by atoms with Gasteiger partial charge in [0.2, 0.25) is 0 Å². The van der Waals surface area contributed by atoms with E-state index in [0.29, 0.717) is 0 Å². The standard InChI is InChI=1S/C8H18OSi/c1-7(2,3)10(9)8(4,5)6/h1-6H3. The molecule has 1 nitrogen and oxygen atoms in total. The van der Waals surface area contributed by atoms with E-state index in [0.717, 1.165) is 0 Å². The highest BCUT2D eigenvalue weighted by molar-refractivity contribution is 6.50. The van der Waals surface area contributed by atoms with Gasteiger partial charge in [0.15, 0.2) is 0 Å². The molecule has 0 aliphatic heterocycles. The van der Waals surface area contributed by atoms with Crippen LogP contribution >= 0.6 is 0 Å². The molecule has 0 atom stereocenters. The van der Waals surface area contributed by atoms with Crippen LogP contribution in [0.5, 0.6) is 0 Å². The fourth-order valence-electron chi connectivity index (χ4n) is 1.12. The van der Waals surface area contributed by atoms with Crippen LogP contribution in [0, 0.1) is 0 Å². The largest absolute Gasteiger partial charge is 0.387 e. The SMILES string of the molecule is CC(C)(C)[Si](=O)C(C)(C)C. The lowest BCUT2D eigenvalue weighted by Crippen LogP contribution is -2.25. The molecule has 0 saturated carbocycles. The Balaban J connectivity index is 4.40. The van der Waals surface area contributed by atoms with Gasteiger partial charge in [-0.2, -0.15) is 0 Å². The Labute approximate surface area is 65.5 Å². The highest BCUT2D eigenvalue weighted by Gasteiger charge is 2.34. The van der Waals surface area contributed by atoms with Crippen molar-refractivity contribution in [1.82, 2.24) is 0 Å². The van der Waals surface area contributed by atoms with Gasteiger partial charge < -0.3 is 4.46 Å². The average molecular weight is 158 g/mol. The van der Waals surface area contributed by atoms with Gasteiger partial charge in [-0.3, -0.25) is 0 Å². The summed E-state index contributed by atoms with van der Waals surface area (Å²) in [4.78, 5) is 0. The van der Waals surface area contributed by atoms with Crippen LogP contribution in [0.4, 0.5) is 0 Å². The van der Waals surface area contributed by atoms with Crippen molar-refractivity contribution in [2.24, 2.45) is 0 Å². The van der Waals surface area contributed by atoms with E-state index >= 15 is 0 Å². The van der Waals surface area contributed by atoms with E-state index in [4.69, 9.17) is 0 Å². The zero-order valence-electron chi connectivity index (χ0n) is 7.91. The Morgan fingerprint density at radius 2 is 1.00 bits per heavy atom. The molecule has 0 aromatic carbocycles. The van der Waals surface area contributed by atoms with Gasteiger partial charge in [0.1, 0.15) is 0 Å². The van der Waals surface area contributed by atoms with Crippen molar-refractivity contribution < 1.29 is 4.46 Å². The van der Waals surface area contributed by atoms with Crippen LogP contribution in [0.1, 0.15) is 41.5 Å². The lowest BCUT2D eigenvalue weighted by Gasteiger charge is -2.24. The molecule has 0 fully saturated rings. The first-order valence-corrected chi connectivity index (χ1v) is 5.11. The van der Waals surface area contributed by atoms with Crippen LogP contribution < -0.4 is 0 Å². The first-order chi connectivity index (χ1) is 4.15. The van der Waals surface area contributed by atoms with Gasteiger partial charge in [-0.15, -0.1) is 0 Å². The van der Waals surface area contributed by atoms with Gasteiger partial charge in [-0.25, -0.2) is 0 Å². The van der Waals surface area contributed by atoms with Crippen molar-refractivity contribution in [2.75, 3.05) is 0 Å². The van der Waals surface area contributed by atoms with E-state index in [1.165, 1.54) is 0 Å². The van der Waals surface area contributed by atoms with Crippen molar-refractivity contribution in [3.8, 4) is 0 Å². The fourth-order valence-corrected chi connectivity index (χ4v) is 3.38. The van der Waals surface area contributed by atoms with Gasteiger partial charge in [0, 0.05) is 10.1 Å². The van der Waals surface area contributed by atoms with Crippen molar-refractivity contribution in [2.45, 2.75) is 51.6 Å². The normalized spacial score (nSPS) is 13.4. The predicted molar refractivity (Wildman–Crippen MR) is 45.9 cm³/mol. The molecule has 0 N–H and O–H groups in total. The van der Waals surface area contributed by atoms with Crippen LogP contribution in [0.2, 0.25) is 10.1 Å². The zero-order chi connectivity index (χ0) is 8.58. The molecule has 0 amide bonds. The highest BCUT2D eigenvalue weighted by Crippen LogP contribution is 2.36. The third kappa shape index (κ3) is 2.73. The Kier molecular flexibility index (Phi) is 2.57. The van der Waals surface area contributed by atoms with Crippen LogP contribution in [-0.2, 0) is 4.46 Å². The molecule has 60 valence electrons. The molecule has 10 heavy (non-hydrogen) atoms. The predicted octanol–water partition coefficient (Wildman–Crippen LogP) is 3.01. The van der Waals surface area contributed by atoms with Crippen LogP contribution in [0.15, 0.2) is 0 Å². The molecule has 0 heterocycles. The Morgan fingerprint density at radius 3 is 1.00 bits per heavy atom. The van der Waals surface area contributed by atoms with E-state index in [1.807, 2.05) is 41.5 Å². The third-order valence-corrected chi connectivity index (χ3v) is 4.09. The third-order valence-electron chi connectivity index (χ3n) is 1.36. The minimum Gasteiger partial charge on any atom is -0.387 e. The smallest absolute Gasteiger partial charge is 0.287 e. The molecule has 0 aliphatic rings. The van der Waals surface area contributed by atoms with Crippen LogP contribution in [-0.4, -0.2) is 8.68 Å². The van der Waals surface area contributed by atoms with Gasteiger partial charge in [-0.05, 0) is 0 Å². The lowest BCUT2D eigenvalue weighted by molar-refractivity contribution is 0.486. The Morgan fingerprint density at radius 1 is 0.800 bits per heavy atom. The van der Waals surface area contributed by atoms with Crippen molar-refractivity contribution in [3.05, 3.63) is 0 Å². The molecule has 0 bridgehead atoms. The molecule has 0 radical (unpaired) electrons. The van der Waals surface area contributed by atoms with Crippen LogP contribution in [0.25, 0.3) is 0 Å². The maximum absolute atomic E-state index is 11.7. The summed E-state index contributed by atoms with van der Waals surface area (Å²) in [5.74, 6) is 0. The minimum absolute atomic E-state index is 0.0110.